The summed E-state index contributed by atoms with van der Waals surface area (Å²) >= 11 is 0.790. The van der Waals surface area contributed by atoms with E-state index in [0.717, 1.165) is 15.2 Å². The average molecular weight is 408 g/mol. The van der Waals surface area contributed by atoms with Gasteiger partial charge in [0, 0.05) is 0 Å². The second-order valence-corrected chi connectivity index (χ2v) is 7.84. The average Bonchev–Trinajstić information content (AvgIpc) is 2.43. The van der Waals surface area contributed by atoms with Gasteiger partial charge < -0.3 is 24.0 Å². The van der Waals surface area contributed by atoms with Crippen molar-refractivity contribution in [3.8, 4) is 0 Å². The Kier molecular flexibility index (Phi) is 26.5. The Morgan fingerprint density at radius 3 is 1.10 bits per heavy atom. The molecule has 0 aromatic carbocycles. The minimum Gasteiger partial charge on any atom is -1.00 e. The Morgan fingerprint density at radius 1 is 0.450 bits per heavy atom. The van der Waals surface area contributed by atoms with E-state index < -0.39 is 0 Å². The minimum atomic E-state index is 0. The molecule has 0 spiro atoms. The van der Waals surface area contributed by atoms with E-state index in [4.69, 9.17) is 0 Å². The fraction of sp³-hybridized carbons (Fsp3) is 1.00. The van der Waals surface area contributed by atoms with Crippen LogP contribution in [-0.2, 0) is 0 Å². The molecule has 0 N–H and O–H groups in total. The van der Waals surface area contributed by atoms with Gasteiger partial charge in [0.15, 0.2) is 0 Å². The number of halogens is 1. The van der Waals surface area contributed by atoms with E-state index in [1.54, 1.807) is 10.6 Å². The van der Waals surface area contributed by atoms with Crippen LogP contribution in [0.25, 0.3) is 0 Å². The number of hydrogen-bond donors (Lipinski definition) is 0. The molecule has 120 valence electrons. The van der Waals surface area contributed by atoms with Crippen LogP contribution < -0.4 is 24.0 Å². The largest absolute Gasteiger partial charge is 1.00 e. The van der Waals surface area contributed by atoms with E-state index in [-0.39, 0.29) is 24.0 Å². The van der Waals surface area contributed by atoms with Crippen LogP contribution in [0.4, 0.5) is 0 Å². The number of rotatable bonds is 16. The van der Waals surface area contributed by atoms with Gasteiger partial charge in [0.25, 0.3) is 0 Å². The Bertz CT molecular complexity index is 134. The smallest absolute Gasteiger partial charge is 1.00 e. The monoisotopic (exact) mass is 408 g/mol. The normalized spacial score (nSPS) is 10.1. The quantitative estimate of drug-likeness (QED) is 0.206. The van der Waals surface area contributed by atoms with E-state index in [1.165, 1.54) is 89.9 Å². The van der Waals surface area contributed by atoms with Crippen molar-refractivity contribution in [3.05, 3.63) is 0 Å². The predicted octanol–water partition coefficient (Wildman–Crippen LogP) is 4.03. The summed E-state index contributed by atoms with van der Waals surface area (Å²) in [6.45, 7) is 4.60. The zero-order valence-corrected chi connectivity index (χ0v) is 17.6. The van der Waals surface area contributed by atoms with Crippen LogP contribution in [0, 0.1) is 0 Å². The Balaban J connectivity index is 0. The van der Waals surface area contributed by atoms with E-state index in [2.05, 4.69) is 13.8 Å². The van der Waals surface area contributed by atoms with Gasteiger partial charge in [-0.05, 0) is 0 Å². The van der Waals surface area contributed by atoms with Gasteiger partial charge >= 0.3 is 130 Å². The summed E-state index contributed by atoms with van der Waals surface area (Å²) in [5.74, 6) is 0. The maximum absolute atomic E-state index is 2.30. The molecule has 0 bridgehead atoms. The SMILES string of the molecule is CCCCCCCC[CH2][Al+][CH2]CCCCCCCC.[I-]. The zero-order chi connectivity index (χ0) is 14.0. The summed E-state index contributed by atoms with van der Waals surface area (Å²) in [6.07, 6.45) is 20.6. The van der Waals surface area contributed by atoms with Crippen molar-refractivity contribution in [2.75, 3.05) is 0 Å². The second-order valence-electron chi connectivity index (χ2n) is 6.11. The summed E-state index contributed by atoms with van der Waals surface area (Å²) in [7, 11) is 0. The first-order valence-corrected chi connectivity index (χ1v) is 10.9. The van der Waals surface area contributed by atoms with Gasteiger partial charge in [-0.3, -0.25) is 0 Å². The molecule has 0 radical (unpaired) electrons. The summed E-state index contributed by atoms with van der Waals surface area (Å²) in [4.78, 5) is 0. The molecule has 20 heavy (non-hydrogen) atoms. The topological polar surface area (TPSA) is 0 Å². The van der Waals surface area contributed by atoms with Crippen LogP contribution in [0.1, 0.15) is 104 Å². The standard InChI is InChI=1S/2C9H19.Al.HI/c2*1-3-5-7-9-8-6-4-2;;/h2*1,3-9H2,2H3;;1H/q;;+1;/p-1. The molecule has 0 unspecified atom stereocenters. The van der Waals surface area contributed by atoms with E-state index in [0.29, 0.717) is 0 Å². The maximum atomic E-state index is 2.30. The van der Waals surface area contributed by atoms with Crippen LogP contribution >= 0.6 is 0 Å². The van der Waals surface area contributed by atoms with Crippen molar-refractivity contribution in [1.29, 1.82) is 0 Å². The van der Waals surface area contributed by atoms with Gasteiger partial charge in [-0.15, -0.1) is 0 Å². The minimum absolute atomic E-state index is 0. The third-order valence-corrected chi connectivity index (χ3v) is 5.66. The van der Waals surface area contributed by atoms with Crippen LogP contribution in [0.3, 0.4) is 0 Å². The Labute approximate surface area is 153 Å². The summed E-state index contributed by atoms with van der Waals surface area (Å²) in [5.41, 5.74) is 0. The van der Waals surface area contributed by atoms with Crippen molar-refractivity contribution in [2.45, 2.75) is 114 Å². The fourth-order valence-corrected chi connectivity index (χ4v) is 4.08. The fourth-order valence-electron chi connectivity index (χ4n) is 2.64. The molecule has 2 heteroatoms. The molecule has 0 saturated heterocycles. The van der Waals surface area contributed by atoms with Gasteiger partial charge in [0.1, 0.15) is 0 Å². The first kappa shape index (κ1) is 23.5. The Hall–Kier alpha value is 1.26. The van der Waals surface area contributed by atoms with Crippen molar-refractivity contribution in [1.82, 2.24) is 0 Å². The number of unbranched alkanes of at least 4 members (excludes halogenated alkanes) is 12. The molecule has 0 amide bonds. The van der Waals surface area contributed by atoms with Crippen LogP contribution in [0.5, 0.6) is 0 Å². The van der Waals surface area contributed by atoms with Gasteiger partial charge in [0.2, 0.25) is 0 Å². The molecule has 0 rings (SSSR count). The van der Waals surface area contributed by atoms with Crippen molar-refractivity contribution in [3.63, 3.8) is 0 Å². The first-order chi connectivity index (χ1) is 9.41. The summed E-state index contributed by atoms with van der Waals surface area (Å²) < 4.78 is 0. The molecule has 0 heterocycles. The van der Waals surface area contributed by atoms with Gasteiger partial charge in [-0.2, -0.15) is 0 Å². The molecule has 0 aliphatic rings. The van der Waals surface area contributed by atoms with E-state index in [1.807, 2.05) is 0 Å². The van der Waals surface area contributed by atoms with E-state index >= 15 is 0 Å². The van der Waals surface area contributed by atoms with E-state index in [9.17, 15) is 0 Å². The summed E-state index contributed by atoms with van der Waals surface area (Å²) in [6, 6.07) is 0. The van der Waals surface area contributed by atoms with Crippen molar-refractivity contribution >= 4 is 15.2 Å². The first-order valence-electron chi connectivity index (χ1n) is 9.23. The maximum Gasteiger partial charge on any atom is -1.00 e. The number of hydrogen-bond acceptors (Lipinski definition) is 0. The molecule has 0 atom stereocenters. The van der Waals surface area contributed by atoms with Crippen molar-refractivity contribution < 1.29 is 24.0 Å². The van der Waals surface area contributed by atoms with Gasteiger partial charge in [-0.25, -0.2) is 0 Å². The molecular weight excluding hydrogens is 370 g/mol. The molecule has 0 nitrogen and oxygen atoms in total. The zero-order valence-electron chi connectivity index (χ0n) is 14.3. The predicted molar refractivity (Wildman–Crippen MR) is 91.4 cm³/mol. The molecule has 0 aliphatic heterocycles. The Morgan fingerprint density at radius 2 is 0.750 bits per heavy atom. The molecular formula is C18H38AlI. The summed E-state index contributed by atoms with van der Waals surface area (Å²) in [5, 5.41) is 3.15. The third-order valence-electron chi connectivity index (χ3n) is 4.02. The van der Waals surface area contributed by atoms with Crippen molar-refractivity contribution in [2.24, 2.45) is 0 Å². The van der Waals surface area contributed by atoms with Crippen LogP contribution in [0.15, 0.2) is 0 Å². The molecule has 0 saturated carbocycles. The van der Waals surface area contributed by atoms with Gasteiger partial charge in [-0.1, -0.05) is 0 Å². The molecule has 0 aromatic heterocycles. The third kappa shape index (κ3) is 21.6. The molecule has 0 aromatic rings. The molecule has 0 fully saturated rings. The van der Waals surface area contributed by atoms with Crippen LogP contribution in [-0.4, -0.2) is 15.2 Å². The van der Waals surface area contributed by atoms with Gasteiger partial charge in [0.05, 0.1) is 0 Å². The molecule has 0 aliphatic carbocycles. The second kappa shape index (κ2) is 22.5. The van der Waals surface area contributed by atoms with Crippen LogP contribution in [0.2, 0.25) is 10.6 Å².